The average Bonchev–Trinajstić information content (AvgIpc) is 3.72. The highest BCUT2D eigenvalue weighted by Crippen LogP contribution is 2.46. The molecule has 0 amide bonds. The molecule has 3 fully saturated rings. The first-order chi connectivity index (χ1) is 18.3. The van der Waals surface area contributed by atoms with E-state index < -0.39 is 44.5 Å². The maximum Gasteiger partial charge on any atom is 0.322 e. The van der Waals surface area contributed by atoms with Crippen molar-refractivity contribution in [3.8, 4) is 10.7 Å². The first-order valence-corrected chi connectivity index (χ1v) is 15.0. The van der Waals surface area contributed by atoms with Crippen LogP contribution < -0.4 is 14.9 Å². The van der Waals surface area contributed by atoms with Crippen molar-refractivity contribution in [2.24, 2.45) is 0 Å². The van der Waals surface area contributed by atoms with E-state index in [9.17, 15) is 27.1 Å². The molecule has 210 valence electrons. The summed E-state index contributed by atoms with van der Waals surface area (Å²) in [5.41, 5.74) is 0.825. The molecule has 1 aliphatic heterocycles. The van der Waals surface area contributed by atoms with Gasteiger partial charge in [-0.15, -0.1) is 10.2 Å². The number of pyridine rings is 1. The number of anilines is 1. The van der Waals surface area contributed by atoms with Gasteiger partial charge in [-0.05, 0) is 52.5 Å². The molecule has 1 saturated heterocycles. The van der Waals surface area contributed by atoms with E-state index in [0.717, 1.165) is 37.0 Å². The van der Waals surface area contributed by atoms with Crippen molar-refractivity contribution in [3.63, 3.8) is 0 Å². The molecule has 3 aromatic rings. The molecular formula is C24H29F2N7O4S2. The van der Waals surface area contributed by atoms with E-state index >= 15 is 0 Å². The number of aromatic nitrogens is 4. The second-order valence-corrected chi connectivity index (χ2v) is 14.3. The van der Waals surface area contributed by atoms with E-state index in [1.165, 1.54) is 12.3 Å². The average molecular weight is 582 g/mol. The number of sulfonamides is 1. The van der Waals surface area contributed by atoms with Crippen LogP contribution in [-0.4, -0.2) is 69.3 Å². The fraction of sp³-hybridized carbons (Fsp3) is 0.583. The summed E-state index contributed by atoms with van der Waals surface area (Å²) in [6.45, 7) is 6.06. The number of aliphatic carboxylic acids is 1. The molecule has 15 heteroatoms. The molecule has 6 rings (SSSR count). The van der Waals surface area contributed by atoms with Crippen molar-refractivity contribution in [2.45, 2.75) is 80.8 Å². The van der Waals surface area contributed by atoms with Gasteiger partial charge in [-0.3, -0.25) is 14.5 Å². The van der Waals surface area contributed by atoms with Gasteiger partial charge >= 0.3 is 5.97 Å². The fourth-order valence-corrected chi connectivity index (χ4v) is 7.33. The number of imidazole rings is 1. The predicted octanol–water partition coefficient (Wildman–Crippen LogP) is 3.14. The number of piperazine rings is 1. The molecule has 0 spiro atoms. The van der Waals surface area contributed by atoms with Crippen LogP contribution in [0.5, 0.6) is 0 Å². The fourth-order valence-electron chi connectivity index (χ4n) is 5.09. The van der Waals surface area contributed by atoms with Gasteiger partial charge in [0.05, 0.1) is 11.4 Å². The summed E-state index contributed by atoms with van der Waals surface area (Å²) in [5.74, 6) is -0.937. The van der Waals surface area contributed by atoms with Crippen LogP contribution in [0, 0.1) is 0 Å². The predicted molar refractivity (Wildman–Crippen MR) is 140 cm³/mol. The molecule has 3 aromatic heterocycles. The van der Waals surface area contributed by atoms with E-state index in [0.29, 0.717) is 29.3 Å². The molecule has 0 aromatic carbocycles. The Labute approximate surface area is 227 Å². The van der Waals surface area contributed by atoms with Crippen LogP contribution in [0.15, 0.2) is 17.2 Å². The normalized spacial score (nSPS) is 22.5. The molecule has 2 saturated carbocycles. The van der Waals surface area contributed by atoms with Gasteiger partial charge in [-0.25, -0.2) is 26.9 Å². The number of fused-ring (bicyclic) bond motifs is 1. The molecule has 1 atom stereocenters. The minimum Gasteiger partial charge on any atom is -0.480 e. The number of hydrogen-bond donors (Lipinski definition) is 3. The SMILES string of the molecule is CC1(C)CN(c2cc(S(=O)(=O)NC3(C)CC3)cn3c(-c4nnc(C(F)F)s4)c(C4CC4)nc23)C[C@H](C(=O)O)N1. The van der Waals surface area contributed by atoms with Crippen molar-refractivity contribution in [1.82, 2.24) is 29.6 Å². The van der Waals surface area contributed by atoms with E-state index in [1.54, 1.807) is 4.40 Å². The third-order valence-corrected chi connectivity index (χ3v) is 9.92. The van der Waals surface area contributed by atoms with Gasteiger partial charge in [0.15, 0.2) is 15.7 Å². The van der Waals surface area contributed by atoms with Gasteiger partial charge in [0.25, 0.3) is 6.43 Å². The van der Waals surface area contributed by atoms with E-state index in [2.05, 4.69) is 20.2 Å². The Kier molecular flexibility index (Phi) is 6.03. The molecule has 3 aliphatic rings. The van der Waals surface area contributed by atoms with Crippen LogP contribution in [0.3, 0.4) is 0 Å². The van der Waals surface area contributed by atoms with Gasteiger partial charge in [0, 0.05) is 36.3 Å². The monoisotopic (exact) mass is 581 g/mol. The molecule has 11 nitrogen and oxygen atoms in total. The Morgan fingerprint density at radius 1 is 1.26 bits per heavy atom. The van der Waals surface area contributed by atoms with Crippen molar-refractivity contribution >= 4 is 38.7 Å². The lowest BCUT2D eigenvalue weighted by Crippen LogP contribution is -2.64. The maximum absolute atomic E-state index is 13.6. The number of nitrogens with one attached hydrogen (secondary N) is 2. The zero-order valence-corrected chi connectivity index (χ0v) is 23.2. The van der Waals surface area contributed by atoms with Crippen molar-refractivity contribution in [1.29, 1.82) is 0 Å². The number of nitrogens with zero attached hydrogens (tertiary/aromatic N) is 5. The quantitative estimate of drug-likeness (QED) is 0.366. The van der Waals surface area contributed by atoms with Gasteiger partial charge in [-0.2, -0.15) is 0 Å². The summed E-state index contributed by atoms with van der Waals surface area (Å²) < 4.78 is 58.3. The van der Waals surface area contributed by atoms with Crippen molar-refractivity contribution in [2.75, 3.05) is 18.0 Å². The second-order valence-electron chi connectivity index (χ2n) is 11.6. The van der Waals surface area contributed by atoms with Gasteiger partial charge < -0.3 is 10.0 Å². The first-order valence-electron chi connectivity index (χ1n) is 12.7. The lowest BCUT2D eigenvalue weighted by molar-refractivity contribution is -0.140. The highest BCUT2D eigenvalue weighted by Gasteiger charge is 2.43. The number of carboxylic acid groups (broad SMARTS) is 1. The highest BCUT2D eigenvalue weighted by atomic mass is 32.2. The summed E-state index contributed by atoms with van der Waals surface area (Å²) >= 11 is 0.752. The molecule has 3 N–H and O–H groups in total. The lowest BCUT2D eigenvalue weighted by Gasteiger charge is -2.43. The van der Waals surface area contributed by atoms with E-state index in [-0.39, 0.29) is 22.4 Å². The Morgan fingerprint density at radius 3 is 2.56 bits per heavy atom. The number of rotatable bonds is 8. The van der Waals surface area contributed by atoms with Crippen molar-refractivity contribution < 1.29 is 27.1 Å². The smallest absolute Gasteiger partial charge is 0.322 e. The molecule has 0 radical (unpaired) electrons. The second kappa shape index (κ2) is 8.88. The molecule has 2 aliphatic carbocycles. The van der Waals surface area contributed by atoms with Gasteiger partial charge in [-0.1, -0.05) is 11.3 Å². The maximum atomic E-state index is 13.6. The summed E-state index contributed by atoms with van der Waals surface area (Å²) in [5, 5.41) is 20.4. The third kappa shape index (κ3) is 5.00. The minimum atomic E-state index is -3.98. The van der Waals surface area contributed by atoms with E-state index in [1.807, 2.05) is 25.7 Å². The topological polar surface area (TPSA) is 142 Å². The molecule has 4 heterocycles. The molecular weight excluding hydrogens is 552 g/mol. The number of halogens is 2. The highest BCUT2D eigenvalue weighted by molar-refractivity contribution is 7.89. The van der Waals surface area contributed by atoms with Crippen molar-refractivity contribution in [3.05, 3.63) is 23.0 Å². The summed E-state index contributed by atoms with van der Waals surface area (Å²) in [6.07, 6.45) is 1.82. The molecule has 0 bridgehead atoms. The molecule has 39 heavy (non-hydrogen) atoms. The van der Waals surface area contributed by atoms with Crippen LogP contribution >= 0.6 is 11.3 Å². The van der Waals surface area contributed by atoms with Crippen LogP contribution in [0.2, 0.25) is 0 Å². The Balaban J connectivity index is 1.58. The Bertz CT molecular complexity index is 1580. The third-order valence-electron chi connectivity index (χ3n) is 7.38. The van der Waals surface area contributed by atoms with Crippen LogP contribution in [-0.2, 0) is 14.8 Å². The summed E-state index contributed by atoms with van der Waals surface area (Å²) in [4.78, 5) is 18.7. The largest absolute Gasteiger partial charge is 0.480 e. The first kappa shape index (κ1) is 26.5. The number of carbonyl (C=O) groups is 1. The standard InChI is InChI=1S/C24H29F2N7O4S2/c1-23(2)11-32(10-14(28-23)22(34)35)15-8-13(39(36,37)31-24(3)6-7-24)9-33-17(16(12-4-5-12)27-19(15)33)20-29-30-21(38-20)18(25)26/h8-9,12,14,18,28,31H,4-7,10-11H2,1-3H3,(H,34,35)/t14-/m1/s1. The zero-order valence-electron chi connectivity index (χ0n) is 21.6. The Hall–Kier alpha value is -2.75. The summed E-state index contributed by atoms with van der Waals surface area (Å²) in [7, 11) is -3.98. The molecule has 0 unspecified atom stereocenters. The number of carboxylic acids is 1. The van der Waals surface area contributed by atoms with E-state index in [4.69, 9.17) is 4.98 Å². The van der Waals surface area contributed by atoms with Gasteiger partial charge in [0.2, 0.25) is 10.0 Å². The minimum absolute atomic E-state index is 0.0269. The number of hydrogen-bond acceptors (Lipinski definition) is 9. The lowest BCUT2D eigenvalue weighted by atomic mass is 9.98. The Morgan fingerprint density at radius 2 is 1.97 bits per heavy atom. The number of alkyl halides is 2. The zero-order chi connectivity index (χ0) is 27.9. The summed E-state index contributed by atoms with van der Waals surface area (Å²) in [6, 6.07) is 0.633. The van der Waals surface area contributed by atoms with Crippen LogP contribution in [0.4, 0.5) is 14.5 Å². The van der Waals surface area contributed by atoms with Crippen LogP contribution in [0.1, 0.15) is 69.5 Å². The van der Waals surface area contributed by atoms with Gasteiger partial charge in [0.1, 0.15) is 16.6 Å². The van der Waals surface area contributed by atoms with Crippen LogP contribution in [0.25, 0.3) is 16.3 Å².